The molecule has 0 atom stereocenters. The normalized spacial score (nSPS) is 15.7. The molecule has 0 bridgehead atoms. The van der Waals surface area contributed by atoms with Gasteiger partial charge in [0.2, 0.25) is 0 Å². The highest BCUT2D eigenvalue weighted by atomic mass is 16.3. The fraction of sp³-hybridized carbons (Fsp3) is 0.455. The van der Waals surface area contributed by atoms with Gasteiger partial charge in [0.15, 0.2) is 0 Å². The zero-order chi connectivity index (χ0) is 9.10. The average Bonchev–Trinajstić information content (AvgIpc) is 2.57. The monoisotopic (exact) mass is 175 g/mol. The van der Waals surface area contributed by atoms with Gasteiger partial charge >= 0.3 is 0 Å². The van der Waals surface area contributed by atoms with Crippen molar-refractivity contribution in [2.75, 3.05) is 6.54 Å². The first-order valence-electron chi connectivity index (χ1n) is 4.76. The Morgan fingerprint density at radius 3 is 2.38 bits per heavy atom. The minimum Gasteiger partial charge on any atom is -0.151 e. The van der Waals surface area contributed by atoms with Crippen molar-refractivity contribution in [1.82, 2.24) is 0 Å². The average molecular weight is 175 g/mol. The van der Waals surface area contributed by atoms with Gasteiger partial charge in [-0.05, 0) is 36.3 Å². The van der Waals surface area contributed by atoms with Crippen molar-refractivity contribution in [2.45, 2.75) is 19.3 Å². The van der Waals surface area contributed by atoms with Crippen molar-refractivity contribution in [3.63, 3.8) is 0 Å². The standard InChI is InChI=1S/C11H13NO/c13-12-6-5-9-7-10-3-1-2-4-11(10)8-9/h1-4,9H,5-8H2. The van der Waals surface area contributed by atoms with Crippen molar-refractivity contribution < 1.29 is 0 Å². The lowest BCUT2D eigenvalue weighted by atomic mass is 10.0. The van der Waals surface area contributed by atoms with Crippen LogP contribution in [0.1, 0.15) is 17.5 Å². The van der Waals surface area contributed by atoms with Gasteiger partial charge in [-0.1, -0.05) is 29.4 Å². The third-order valence-electron chi connectivity index (χ3n) is 2.76. The van der Waals surface area contributed by atoms with E-state index in [2.05, 4.69) is 29.4 Å². The quantitative estimate of drug-likeness (QED) is 0.649. The predicted octanol–water partition coefficient (Wildman–Crippen LogP) is 2.56. The Kier molecular flexibility index (Phi) is 2.39. The second-order valence-electron chi connectivity index (χ2n) is 3.68. The van der Waals surface area contributed by atoms with Crippen LogP contribution in [0.3, 0.4) is 0 Å². The van der Waals surface area contributed by atoms with E-state index in [0.717, 1.165) is 19.3 Å². The molecule has 2 heteroatoms. The van der Waals surface area contributed by atoms with Crippen molar-refractivity contribution in [2.24, 2.45) is 11.1 Å². The maximum Gasteiger partial charge on any atom is 0.0814 e. The van der Waals surface area contributed by atoms with E-state index in [1.807, 2.05) is 0 Å². The Labute approximate surface area is 77.9 Å². The van der Waals surface area contributed by atoms with Crippen LogP contribution in [0.15, 0.2) is 29.4 Å². The molecule has 0 aliphatic heterocycles. The molecular formula is C11H13NO. The lowest BCUT2D eigenvalue weighted by Crippen LogP contribution is -2.00. The number of hydrogen-bond acceptors (Lipinski definition) is 2. The van der Waals surface area contributed by atoms with Crippen LogP contribution >= 0.6 is 0 Å². The molecule has 0 saturated carbocycles. The summed E-state index contributed by atoms with van der Waals surface area (Å²) < 4.78 is 0. The summed E-state index contributed by atoms with van der Waals surface area (Å²) in [5.41, 5.74) is 2.91. The van der Waals surface area contributed by atoms with Crippen LogP contribution in [-0.2, 0) is 12.8 Å². The Bertz CT molecular complexity index is 284. The Hall–Kier alpha value is -1.18. The molecule has 0 heterocycles. The minimum atomic E-state index is 0.471. The summed E-state index contributed by atoms with van der Waals surface area (Å²) in [4.78, 5) is 9.98. The highest BCUT2D eigenvalue weighted by Crippen LogP contribution is 2.28. The van der Waals surface area contributed by atoms with Gasteiger partial charge in [-0.3, -0.25) is 0 Å². The molecule has 0 N–H and O–H groups in total. The second-order valence-corrected chi connectivity index (χ2v) is 3.68. The molecule has 1 aromatic rings. The zero-order valence-corrected chi connectivity index (χ0v) is 7.57. The maximum atomic E-state index is 9.98. The number of rotatable bonds is 3. The van der Waals surface area contributed by atoms with E-state index < -0.39 is 0 Å². The number of benzene rings is 1. The number of nitroso groups, excluding NO2 is 1. The lowest BCUT2D eigenvalue weighted by molar-refractivity contribution is 0.522. The van der Waals surface area contributed by atoms with Gasteiger partial charge < -0.3 is 0 Å². The van der Waals surface area contributed by atoms with Crippen molar-refractivity contribution in [3.05, 3.63) is 40.3 Å². The molecular weight excluding hydrogens is 162 g/mol. The van der Waals surface area contributed by atoms with Crippen LogP contribution in [0.4, 0.5) is 0 Å². The van der Waals surface area contributed by atoms with E-state index in [1.165, 1.54) is 11.1 Å². The molecule has 0 amide bonds. The molecule has 0 fully saturated rings. The summed E-state index contributed by atoms with van der Waals surface area (Å²) in [6.45, 7) is 0.471. The molecule has 1 aliphatic carbocycles. The predicted molar refractivity (Wildman–Crippen MR) is 52.6 cm³/mol. The SMILES string of the molecule is O=NCCC1Cc2ccccc2C1. The highest BCUT2D eigenvalue weighted by molar-refractivity contribution is 5.31. The smallest absolute Gasteiger partial charge is 0.0814 e. The van der Waals surface area contributed by atoms with Crippen molar-refractivity contribution in [1.29, 1.82) is 0 Å². The number of nitrogens with zero attached hydrogens (tertiary/aromatic N) is 1. The van der Waals surface area contributed by atoms with Crippen molar-refractivity contribution >= 4 is 0 Å². The van der Waals surface area contributed by atoms with Crippen LogP contribution in [0, 0.1) is 10.8 Å². The highest BCUT2D eigenvalue weighted by Gasteiger charge is 2.20. The third kappa shape index (κ3) is 1.77. The van der Waals surface area contributed by atoms with E-state index >= 15 is 0 Å². The second kappa shape index (κ2) is 3.69. The van der Waals surface area contributed by atoms with Gasteiger partial charge in [-0.2, -0.15) is 4.91 Å². The lowest BCUT2D eigenvalue weighted by Gasteiger charge is -2.03. The molecule has 0 unspecified atom stereocenters. The summed E-state index contributed by atoms with van der Waals surface area (Å²) >= 11 is 0. The molecule has 13 heavy (non-hydrogen) atoms. The van der Waals surface area contributed by atoms with Crippen molar-refractivity contribution in [3.8, 4) is 0 Å². The molecule has 0 spiro atoms. The van der Waals surface area contributed by atoms with E-state index in [-0.39, 0.29) is 0 Å². The van der Waals surface area contributed by atoms with Gasteiger partial charge in [0, 0.05) is 0 Å². The topological polar surface area (TPSA) is 29.4 Å². The van der Waals surface area contributed by atoms with Gasteiger partial charge in [-0.25, -0.2) is 0 Å². The van der Waals surface area contributed by atoms with Gasteiger partial charge in [-0.15, -0.1) is 0 Å². The summed E-state index contributed by atoms with van der Waals surface area (Å²) in [6, 6.07) is 8.53. The van der Waals surface area contributed by atoms with E-state index in [4.69, 9.17) is 0 Å². The zero-order valence-electron chi connectivity index (χ0n) is 7.57. The van der Waals surface area contributed by atoms with Crippen LogP contribution in [0.25, 0.3) is 0 Å². The maximum absolute atomic E-state index is 9.98. The molecule has 68 valence electrons. The molecule has 1 aromatic carbocycles. The van der Waals surface area contributed by atoms with Crippen LogP contribution in [-0.4, -0.2) is 6.54 Å². The largest absolute Gasteiger partial charge is 0.151 e. The van der Waals surface area contributed by atoms with Crippen LogP contribution in [0.2, 0.25) is 0 Å². The molecule has 2 nitrogen and oxygen atoms in total. The van der Waals surface area contributed by atoms with Crippen LogP contribution < -0.4 is 0 Å². The fourth-order valence-electron chi connectivity index (χ4n) is 2.09. The number of fused-ring (bicyclic) bond motifs is 1. The molecule has 2 rings (SSSR count). The van der Waals surface area contributed by atoms with Gasteiger partial charge in [0.05, 0.1) is 6.54 Å². The fourth-order valence-corrected chi connectivity index (χ4v) is 2.09. The first-order chi connectivity index (χ1) is 6.40. The first kappa shape index (κ1) is 8.42. The third-order valence-corrected chi connectivity index (χ3v) is 2.76. The Morgan fingerprint density at radius 1 is 1.23 bits per heavy atom. The summed E-state index contributed by atoms with van der Waals surface area (Å²) in [5, 5.41) is 2.91. The van der Waals surface area contributed by atoms with E-state index in [0.29, 0.717) is 12.5 Å². The van der Waals surface area contributed by atoms with Gasteiger partial charge in [0.1, 0.15) is 0 Å². The molecule has 0 aromatic heterocycles. The van der Waals surface area contributed by atoms with E-state index in [9.17, 15) is 4.91 Å². The first-order valence-corrected chi connectivity index (χ1v) is 4.76. The summed E-state index contributed by atoms with van der Waals surface area (Å²) in [6.07, 6.45) is 3.20. The van der Waals surface area contributed by atoms with Crippen LogP contribution in [0.5, 0.6) is 0 Å². The Morgan fingerprint density at radius 2 is 1.85 bits per heavy atom. The van der Waals surface area contributed by atoms with Gasteiger partial charge in [0.25, 0.3) is 0 Å². The summed E-state index contributed by atoms with van der Waals surface area (Å²) in [7, 11) is 0. The molecule has 0 saturated heterocycles. The van der Waals surface area contributed by atoms with E-state index in [1.54, 1.807) is 0 Å². The molecule has 0 radical (unpaired) electrons. The Balaban J connectivity index is 2.01. The number of hydrogen-bond donors (Lipinski definition) is 0. The summed E-state index contributed by atoms with van der Waals surface area (Å²) in [5.74, 6) is 0.648. The minimum absolute atomic E-state index is 0.471. The molecule has 1 aliphatic rings.